The first-order valence-corrected chi connectivity index (χ1v) is 7.50. The molecule has 0 bridgehead atoms. The van der Waals surface area contributed by atoms with Crippen molar-refractivity contribution in [1.82, 2.24) is 0 Å². The van der Waals surface area contributed by atoms with Crippen molar-refractivity contribution in [2.24, 2.45) is 0 Å². The maximum absolute atomic E-state index is 11.8. The highest BCUT2D eigenvalue weighted by molar-refractivity contribution is 9.09. The quantitative estimate of drug-likeness (QED) is 0.798. The third-order valence-electron chi connectivity index (χ3n) is 2.09. The molecule has 0 saturated carbocycles. The van der Waals surface area contributed by atoms with Gasteiger partial charge in [-0.05, 0) is 25.5 Å². The Kier molecular flexibility index (Phi) is 4.74. The number of hydrogen-bond donors (Lipinski definition) is 0. The molecule has 0 aliphatic rings. The molecule has 1 atom stereocenters. The van der Waals surface area contributed by atoms with Crippen LogP contribution in [0.2, 0.25) is 0 Å². The Balaban J connectivity index is 2.86. The number of benzene rings is 1. The van der Waals surface area contributed by atoms with Crippen molar-refractivity contribution < 1.29 is 8.42 Å². The lowest BCUT2D eigenvalue weighted by molar-refractivity contribution is 0.604. The second-order valence-corrected chi connectivity index (χ2v) is 7.14. The Labute approximate surface area is 105 Å². The first-order chi connectivity index (χ1) is 7.42. The van der Waals surface area contributed by atoms with Crippen LogP contribution in [0, 0.1) is 6.92 Å². The van der Waals surface area contributed by atoms with Gasteiger partial charge >= 0.3 is 0 Å². The average molecular weight is 303 g/mol. The van der Waals surface area contributed by atoms with Crippen LogP contribution in [0.25, 0.3) is 0 Å². The highest BCUT2D eigenvalue weighted by atomic mass is 79.9. The van der Waals surface area contributed by atoms with Crippen LogP contribution in [0.3, 0.4) is 0 Å². The fraction of sp³-hybridized carbons (Fsp3) is 0.333. The molecule has 1 aromatic carbocycles. The summed E-state index contributed by atoms with van der Waals surface area (Å²) in [6, 6.07) is 6.86. The average Bonchev–Trinajstić information content (AvgIpc) is 2.17. The van der Waals surface area contributed by atoms with E-state index in [1.54, 1.807) is 30.3 Å². The molecule has 0 fully saturated rings. The standard InChI is InChI=1S/C12H15BrO2S/c1-10-5-7-12(8-6-10)16(14,15)9-3-4-11(2)13/h3,5-9,11H,4H2,1-2H3/b9-3+. The van der Waals surface area contributed by atoms with Crippen molar-refractivity contribution >= 4 is 25.8 Å². The van der Waals surface area contributed by atoms with Gasteiger partial charge in [0.2, 0.25) is 0 Å². The van der Waals surface area contributed by atoms with Gasteiger partial charge in [-0.15, -0.1) is 0 Å². The molecule has 0 radical (unpaired) electrons. The second-order valence-electron chi connectivity index (χ2n) is 3.75. The molecule has 0 N–H and O–H groups in total. The first kappa shape index (κ1) is 13.5. The van der Waals surface area contributed by atoms with E-state index in [1.807, 2.05) is 13.8 Å². The minimum absolute atomic E-state index is 0.289. The fourth-order valence-corrected chi connectivity index (χ4v) is 2.43. The molecule has 1 unspecified atom stereocenters. The Morgan fingerprint density at radius 3 is 2.38 bits per heavy atom. The summed E-state index contributed by atoms with van der Waals surface area (Å²) in [6.45, 7) is 3.90. The smallest absolute Gasteiger partial charge is 0.199 e. The summed E-state index contributed by atoms with van der Waals surface area (Å²) in [7, 11) is -3.27. The fourth-order valence-electron chi connectivity index (χ4n) is 1.18. The molecule has 0 saturated heterocycles. The van der Waals surface area contributed by atoms with Gasteiger partial charge in [0.25, 0.3) is 0 Å². The van der Waals surface area contributed by atoms with Crippen molar-refractivity contribution in [1.29, 1.82) is 0 Å². The molecule has 0 amide bonds. The van der Waals surface area contributed by atoms with Crippen LogP contribution in [0.4, 0.5) is 0 Å². The maximum Gasteiger partial charge on any atom is 0.199 e. The van der Waals surface area contributed by atoms with Gasteiger partial charge in [0.05, 0.1) is 4.90 Å². The van der Waals surface area contributed by atoms with Crippen molar-refractivity contribution in [3.63, 3.8) is 0 Å². The lowest BCUT2D eigenvalue weighted by Gasteiger charge is -2.00. The van der Waals surface area contributed by atoms with Crippen LogP contribution in [0.1, 0.15) is 18.9 Å². The Morgan fingerprint density at radius 2 is 1.88 bits per heavy atom. The van der Waals surface area contributed by atoms with E-state index in [0.29, 0.717) is 11.3 Å². The molecule has 0 aromatic heterocycles. The zero-order valence-electron chi connectivity index (χ0n) is 9.35. The molecule has 1 aromatic rings. The van der Waals surface area contributed by atoms with Gasteiger partial charge in [0.15, 0.2) is 9.84 Å². The van der Waals surface area contributed by atoms with E-state index in [-0.39, 0.29) is 4.83 Å². The number of aryl methyl sites for hydroxylation is 1. The summed E-state index contributed by atoms with van der Waals surface area (Å²) >= 11 is 3.36. The maximum atomic E-state index is 11.8. The molecule has 88 valence electrons. The highest BCUT2D eigenvalue weighted by Gasteiger charge is 2.09. The molecule has 4 heteroatoms. The van der Waals surface area contributed by atoms with Gasteiger partial charge in [-0.2, -0.15) is 0 Å². The summed E-state index contributed by atoms with van der Waals surface area (Å²) in [6.07, 6.45) is 2.37. The molecular weight excluding hydrogens is 288 g/mol. The van der Waals surface area contributed by atoms with Gasteiger partial charge in [-0.1, -0.05) is 46.6 Å². The lowest BCUT2D eigenvalue weighted by atomic mass is 10.2. The zero-order chi connectivity index (χ0) is 12.2. The number of sulfone groups is 1. The number of alkyl halides is 1. The van der Waals surface area contributed by atoms with E-state index < -0.39 is 9.84 Å². The van der Waals surface area contributed by atoms with Gasteiger partial charge in [0.1, 0.15) is 0 Å². The van der Waals surface area contributed by atoms with Crippen LogP contribution < -0.4 is 0 Å². The first-order valence-electron chi connectivity index (χ1n) is 5.04. The van der Waals surface area contributed by atoms with E-state index in [9.17, 15) is 8.42 Å². The third kappa shape index (κ3) is 4.10. The Morgan fingerprint density at radius 1 is 1.31 bits per heavy atom. The van der Waals surface area contributed by atoms with E-state index in [0.717, 1.165) is 5.56 Å². The van der Waals surface area contributed by atoms with Crippen LogP contribution in [-0.4, -0.2) is 13.2 Å². The monoisotopic (exact) mass is 302 g/mol. The van der Waals surface area contributed by atoms with Gasteiger partial charge in [0, 0.05) is 10.2 Å². The largest absolute Gasteiger partial charge is 0.219 e. The molecule has 2 nitrogen and oxygen atoms in total. The van der Waals surface area contributed by atoms with E-state index in [1.165, 1.54) is 5.41 Å². The van der Waals surface area contributed by atoms with E-state index in [4.69, 9.17) is 0 Å². The third-order valence-corrected chi connectivity index (χ3v) is 3.94. The minimum Gasteiger partial charge on any atom is -0.219 e. The van der Waals surface area contributed by atoms with Crippen LogP contribution >= 0.6 is 15.9 Å². The SMILES string of the molecule is Cc1ccc(S(=O)(=O)/C=C/CC(C)Br)cc1. The molecule has 0 spiro atoms. The highest BCUT2D eigenvalue weighted by Crippen LogP contribution is 2.14. The molecule has 16 heavy (non-hydrogen) atoms. The number of rotatable bonds is 4. The molecular formula is C12H15BrO2S. The topological polar surface area (TPSA) is 34.1 Å². The Hall–Kier alpha value is -0.610. The van der Waals surface area contributed by atoms with Crippen LogP contribution in [0.15, 0.2) is 40.6 Å². The predicted molar refractivity (Wildman–Crippen MR) is 70.5 cm³/mol. The van der Waals surface area contributed by atoms with Crippen LogP contribution in [-0.2, 0) is 9.84 Å². The minimum atomic E-state index is -3.27. The number of hydrogen-bond acceptors (Lipinski definition) is 2. The normalized spacial score (nSPS) is 14.2. The molecule has 1 rings (SSSR count). The van der Waals surface area contributed by atoms with E-state index in [2.05, 4.69) is 15.9 Å². The number of allylic oxidation sites excluding steroid dienone is 1. The van der Waals surface area contributed by atoms with E-state index >= 15 is 0 Å². The second kappa shape index (κ2) is 5.64. The van der Waals surface area contributed by atoms with Crippen molar-refractivity contribution in [2.75, 3.05) is 0 Å². The summed E-state index contributed by atoms with van der Waals surface area (Å²) in [5, 5.41) is 1.27. The summed E-state index contributed by atoms with van der Waals surface area (Å²) in [5.74, 6) is 0. The Bertz CT molecular complexity index is 458. The van der Waals surface area contributed by atoms with Crippen LogP contribution in [0.5, 0.6) is 0 Å². The predicted octanol–water partition coefficient (Wildman–Crippen LogP) is 3.46. The van der Waals surface area contributed by atoms with Gasteiger partial charge < -0.3 is 0 Å². The summed E-state index contributed by atoms with van der Waals surface area (Å²) in [4.78, 5) is 0.633. The van der Waals surface area contributed by atoms with Gasteiger partial charge in [-0.25, -0.2) is 8.42 Å². The van der Waals surface area contributed by atoms with Crippen molar-refractivity contribution in [3.05, 3.63) is 41.3 Å². The summed E-state index contributed by atoms with van der Waals surface area (Å²) < 4.78 is 23.6. The van der Waals surface area contributed by atoms with Crippen molar-refractivity contribution in [2.45, 2.75) is 30.0 Å². The summed E-state index contributed by atoms with van der Waals surface area (Å²) in [5.41, 5.74) is 1.05. The molecule has 0 aliphatic carbocycles. The lowest BCUT2D eigenvalue weighted by Crippen LogP contribution is -1.96. The zero-order valence-corrected chi connectivity index (χ0v) is 11.8. The van der Waals surface area contributed by atoms with Crippen molar-refractivity contribution in [3.8, 4) is 0 Å². The molecule has 0 aliphatic heterocycles. The van der Waals surface area contributed by atoms with Gasteiger partial charge in [-0.3, -0.25) is 0 Å². The number of halogens is 1. The molecule has 0 heterocycles.